The van der Waals surface area contributed by atoms with Crippen LogP contribution in [0.1, 0.15) is 30.1 Å². The summed E-state index contributed by atoms with van der Waals surface area (Å²) in [6.45, 7) is 2.34. The molecule has 2 rings (SSSR count). The third-order valence-electron chi connectivity index (χ3n) is 2.98. The third-order valence-corrected chi connectivity index (χ3v) is 3.95. The van der Waals surface area contributed by atoms with Crippen LogP contribution in [0.5, 0.6) is 0 Å². The molecule has 0 saturated heterocycles. The molecule has 20 heavy (non-hydrogen) atoms. The number of hydrogen-bond donors (Lipinski definition) is 2. The van der Waals surface area contributed by atoms with Gasteiger partial charge in [0.05, 0.1) is 0 Å². The van der Waals surface area contributed by atoms with Crippen molar-refractivity contribution in [1.82, 2.24) is 14.9 Å². The molecule has 0 fully saturated rings. The lowest BCUT2D eigenvalue weighted by Gasteiger charge is -2.13. The van der Waals surface area contributed by atoms with Crippen molar-refractivity contribution < 1.29 is 14.7 Å². The number of carboxylic acid groups (broad SMARTS) is 1. The van der Waals surface area contributed by atoms with Crippen molar-refractivity contribution in [2.75, 3.05) is 5.75 Å². The molecule has 0 aliphatic carbocycles. The summed E-state index contributed by atoms with van der Waals surface area (Å²) in [6, 6.07) is -0.987. The van der Waals surface area contributed by atoms with Crippen LogP contribution in [0.3, 0.4) is 0 Å². The number of nitrogens with zero attached hydrogens (tertiary/aromatic N) is 2. The zero-order valence-electron chi connectivity index (χ0n) is 11.0. The molecule has 2 heterocycles. The number of thioether (sulfide) groups is 1. The lowest BCUT2D eigenvalue weighted by atomic mass is 10.1. The van der Waals surface area contributed by atoms with E-state index in [1.54, 1.807) is 0 Å². The number of aromatic nitrogens is 2. The molecule has 2 N–H and O–H groups in total. The first kappa shape index (κ1) is 14.6. The maximum Gasteiger partial charge on any atom is 0.326 e. The summed E-state index contributed by atoms with van der Waals surface area (Å²) < 4.78 is 1.44. The highest BCUT2D eigenvalue weighted by molar-refractivity contribution is 7.99. The fourth-order valence-electron chi connectivity index (χ4n) is 1.96. The second-order valence-corrected chi connectivity index (χ2v) is 5.47. The van der Waals surface area contributed by atoms with Gasteiger partial charge in [-0.25, -0.2) is 9.78 Å². The second-order valence-electron chi connectivity index (χ2n) is 4.41. The number of rotatable bonds is 5. The second kappa shape index (κ2) is 6.08. The molecule has 0 radical (unpaired) electrons. The number of hydrogen-bond acceptors (Lipinski definition) is 5. The molecule has 0 spiro atoms. The first-order valence-electron chi connectivity index (χ1n) is 6.31. The van der Waals surface area contributed by atoms with Crippen molar-refractivity contribution in [2.45, 2.75) is 37.5 Å². The monoisotopic (exact) mass is 297 g/mol. The molecule has 1 aliphatic heterocycles. The number of carbonyl (C=O) groups excluding carboxylic acids is 1. The van der Waals surface area contributed by atoms with Gasteiger partial charge in [-0.3, -0.25) is 14.2 Å². The molecular weight excluding hydrogens is 282 g/mol. The average molecular weight is 297 g/mol. The fraction of sp³-hybridized carbons (Fsp3) is 0.500. The minimum absolute atomic E-state index is 0.112. The van der Waals surface area contributed by atoms with Crippen molar-refractivity contribution in [3.8, 4) is 0 Å². The maximum atomic E-state index is 12.1. The van der Waals surface area contributed by atoms with E-state index in [9.17, 15) is 14.4 Å². The first-order chi connectivity index (χ1) is 9.54. The van der Waals surface area contributed by atoms with Gasteiger partial charge in [-0.05, 0) is 6.42 Å². The van der Waals surface area contributed by atoms with E-state index < -0.39 is 23.5 Å². The SMILES string of the molecule is CCC[C@@H](NC(=O)c1cnc2n(c1=O)CCS2)C(=O)O. The summed E-state index contributed by atoms with van der Waals surface area (Å²) in [6.07, 6.45) is 2.15. The Morgan fingerprint density at radius 3 is 3.00 bits per heavy atom. The lowest BCUT2D eigenvalue weighted by molar-refractivity contribution is -0.139. The van der Waals surface area contributed by atoms with Crippen molar-refractivity contribution in [1.29, 1.82) is 0 Å². The van der Waals surface area contributed by atoms with Crippen LogP contribution in [0.15, 0.2) is 16.1 Å². The summed E-state index contributed by atoms with van der Waals surface area (Å²) in [5, 5.41) is 12.0. The van der Waals surface area contributed by atoms with E-state index in [0.29, 0.717) is 24.5 Å². The maximum absolute atomic E-state index is 12.1. The number of carbonyl (C=O) groups is 2. The van der Waals surface area contributed by atoms with Crippen LogP contribution in [0.25, 0.3) is 0 Å². The van der Waals surface area contributed by atoms with Gasteiger partial charge in [0.25, 0.3) is 11.5 Å². The Balaban J connectivity index is 2.22. The van der Waals surface area contributed by atoms with Crippen molar-refractivity contribution >= 4 is 23.6 Å². The molecule has 0 aromatic carbocycles. The van der Waals surface area contributed by atoms with Crippen LogP contribution in [0, 0.1) is 0 Å². The Hall–Kier alpha value is -1.83. The molecule has 0 saturated carbocycles. The molecule has 1 aliphatic rings. The Kier molecular flexibility index (Phi) is 4.43. The van der Waals surface area contributed by atoms with Crippen molar-refractivity contribution in [3.63, 3.8) is 0 Å². The third kappa shape index (κ3) is 2.84. The Labute approximate surface area is 119 Å². The van der Waals surface area contributed by atoms with E-state index in [-0.39, 0.29) is 5.56 Å². The molecular formula is C12H15N3O4S. The van der Waals surface area contributed by atoms with Gasteiger partial charge in [0.2, 0.25) is 0 Å². The molecule has 1 aromatic heterocycles. The number of carboxylic acids is 1. The summed E-state index contributed by atoms with van der Waals surface area (Å²) in [5.74, 6) is -1.04. The number of aliphatic carboxylic acids is 1. The summed E-state index contributed by atoms with van der Waals surface area (Å²) in [4.78, 5) is 39.2. The van der Waals surface area contributed by atoms with Gasteiger partial charge >= 0.3 is 5.97 Å². The predicted molar refractivity (Wildman–Crippen MR) is 73.0 cm³/mol. The highest BCUT2D eigenvalue weighted by Crippen LogP contribution is 2.20. The molecule has 1 amide bonds. The predicted octanol–water partition coefficient (Wildman–Crippen LogP) is 0.332. The molecule has 1 aromatic rings. The van der Waals surface area contributed by atoms with Crippen LogP contribution in [0.2, 0.25) is 0 Å². The number of amides is 1. The molecule has 7 nitrogen and oxygen atoms in total. The van der Waals surface area contributed by atoms with E-state index in [1.165, 1.54) is 22.5 Å². The summed E-state index contributed by atoms with van der Waals surface area (Å²) in [7, 11) is 0. The highest BCUT2D eigenvalue weighted by atomic mass is 32.2. The normalized spacial score (nSPS) is 14.7. The topological polar surface area (TPSA) is 101 Å². The fourth-order valence-corrected chi connectivity index (χ4v) is 2.87. The Bertz CT molecular complexity index is 599. The summed E-state index contributed by atoms with van der Waals surface area (Å²) >= 11 is 1.46. The molecule has 108 valence electrons. The van der Waals surface area contributed by atoms with Crippen LogP contribution in [-0.4, -0.2) is 38.3 Å². The Morgan fingerprint density at radius 1 is 1.60 bits per heavy atom. The standard InChI is InChI=1S/C12H15N3O4S/c1-2-3-8(11(18)19)14-9(16)7-6-13-12-15(10(7)17)4-5-20-12/h6,8H,2-5H2,1H3,(H,14,16)(H,18,19)/t8-/m1/s1. The zero-order chi connectivity index (χ0) is 14.7. The molecule has 1 atom stereocenters. The van der Waals surface area contributed by atoms with E-state index in [0.717, 1.165) is 5.75 Å². The van der Waals surface area contributed by atoms with Gasteiger partial charge in [-0.2, -0.15) is 0 Å². The minimum atomic E-state index is -1.11. The van der Waals surface area contributed by atoms with E-state index in [4.69, 9.17) is 5.11 Å². The minimum Gasteiger partial charge on any atom is -0.480 e. The smallest absolute Gasteiger partial charge is 0.326 e. The van der Waals surface area contributed by atoms with Crippen LogP contribution in [0.4, 0.5) is 0 Å². The van der Waals surface area contributed by atoms with Gasteiger partial charge in [-0.1, -0.05) is 25.1 Å². The lowest BCUT2D eigenvalue weighted by Crippen LogP contribution is -2.43. The van der Waals surface area contributed by atoms with E-state index in [1.807, 2.05) is 6.92 Å². The average Bonchev–Trinajstić information content (AvgIpc) is 2.87. The Morgan fingerprint density at radius 2 is 2.35 bits per heavy atom. The highest BCUT2D eigenvalue weighted by Gasteiger charge is 2.24. The zero-order valence-corrected chi connectivity index (χ0v) is 11.8. The van der Waals surface area contributed by atoms with Crippen molar-refractivity contribution in [2.24, 2.45) is 0 Å². The first-order valence-corrected chi connectivity index (χ1v) is 7.29. The van der Waals surface area contributed by atoms with Gasteiger partial charge in [0.15, 0.2) is 5.16 Å². The van der Waals surface area contributed by atoms with E-state index in [2.05, 4.69) is 10.3 Å². The van der Waals surface area contributed by atoms with Crippen molar-refractivity contribution in [3.05, 3.63) is 22.1 Å². The molecule has 8 heteroatoms. The van der Waals surface area contributed by atoms with Gasteiger partial charge in [0.1, 0.15) is 11.6 Å². The van der Waals surface area contributed by atoms with Gasteiger partial charge < -0.3 is 10.4 Å². The van der Waals surface area contributed by atoms with Crippen LogP contribution < -0.4 is 10.9 Å². The number of nitrogens with one attached hydrogen (secondary N) is 1. The van der Waals surface area contributed by atoms with Gasteiger partial charge in [0, 0.05) is 18.5 Å². The van der Waals surface area contributed by atoms with Gasteiger partial charge in [-0.15, -0.1) is 0 Å². The van der Waals surface area contributed by atoms with Crippen LogP contribution >= 0.6 is 11.8 Å². The number of fused-ring (bicyclic) bond motifs is 1. The van der Waals surface area contributed by atoms with E-state index >= 15 is 0 Å². The largest absolute Gasteiger partial charge is 0.480 e. The van der Waals surface area contributed by atoms with Crippen LogP contribution in [-0.2, 0) is 11.3 Å². The quantitative estimate of drug-likeness (QED) is 0.760. The summed E-state index contributed by atoms with van der Waals surface area (Å²) in [5.41, 5.74) is -0.531. The molecule has 0 unspecified atom stereocenters. The molecule has 0 bridgehead atoms.